The first-order valence-electron chi connectivity index (χ1n) is 7.02. The number of nitro benzene ring substituents is 1. The Morgan fingerprint density at radius 1 is 1.59 bits per heavy atom. The number of nitrogens with one attached hydrogen (secondary N) is 2. The molecule has 0 amide bonds. The van der Waals surface area contributed by atoms with Crippen LogP contribution in [0.4, 0.5) is 11.6 Å². The van der Waals surface area contributed by atoms with Gasteiger partial charge in [0, 0.05) is 23.6 Å². The molecule has 0 saturated carbocycles. The molecular weight excluding hydrogens is 418 g/mol. The van der Waals surface area contributed by atoms with E-state index in [0.29, 0.717) is 33.0 Å². The van der Waals surface area contributed by atoms with E-state index >= 15 is 0 Å². The quantitative estimate of drug-likeness (QED) is 0.572. The van der Waals surface area contributed by atoms with Crippen LogP contribution in [0.5, 0.6) is 0 Å². The summed E-state index contributed by atoms with van der Waals surface area (Å²) in [5.41, 5.74) is 1.14. The highest BCUT2D eigenvalue weighted by Crippen LogP contribution is 2.40. The zero-order valence-electron chi connectivity index (χ0n) is 11.9. The van der Waals surface area contributed by atoms with Gasteiger partial charge < -0.3 is 15.2 Å². The minimum atomic E-state index is -0.398. The summed E-state index contributed by atoms with van der Waals surface area (Å²) in [6.45, 7) is 4.54. The van der Waals surface area contributed by atoms with Gasteiger partial charge in [0.05, 0.1) is 10.4 Å². The van der Waals surface area contributed by atoms with Crippen LogP contribution in [0, 0.1) is 10.1 Å². The van der Waals surface area contributed by atoms with Crippen LogP contribution in [0.25, 0.3) is 11.0 Å². The molecule has 1 atom stereocenters. The maximum Gasteiger partial charge on any atom is 0.312 e. The molecule has 1 aromatic carbocycles. The number of nitrogens with zero attached hydrogens (tertiary/aromatic N) is 3. The first-order valence-corrected chi connectivity index (χ1v) is 8.61. The molecule has 2 heterocycles. The average molecular weight is 433 g/mol. The molecule has 1 aromatic heterocycles. The van der Waals surface area contributed by atoms with Gasteiger partial charge in [0.15, 0.2) is 5.52 Å². The number of benzene rings is 1. The van der Waals surface area contributed by atoms with Crippen LogP contribution < -0.4 is 10.6 Å². The molecule has 0 radical (unpaired) electrons. The normalized spacial score (nSPS) is 18.0. The first-order chi connectivity index (χ1) is 10.5. The van der Waals surface area contributed by atoms with E-state index in [4.69, 9.17) is 0 Å². The lowest BCUT2D eigenvalue weighted by Crippen LogP contribution is -2.24. The molecule has 118 valence electrons. The number of fused-ring (bicyclic) bond motifs is 1. The predicted octanol–water partition coefficient (Wildman–Crippen LogP) is 3.26. The number of halogens is 2. The molecule has 0 spiro atoms. The zero-order chi connectivity index (χ0) is 15.9. The van der Waals surface area contributed by atoms with Crippen LogP contribution in [0.15, 0.2) is 15.0 Å². The zero-order valence-corrected chi connectivity index (χ0v) is 15.1. The summed E-state index contributed by atoms with van der Waals surface area (Å²) in [5.74, 6) is 0.680. The van der Waals surface area contributed by atoms with Gasteiger partial charge in [-0.1, -0.05) is 0 Å². The number of nitro groups is 1. The Morgan fingerprint density at radius 2 is 2.36 bits per heavy atom. The summed E-state index contributed by atoms with van der Waals surface area (Å²) < 4.78 is 3.04. The van der Waals surface area contributed by atoms with Gasteiger partial charge in [-0.15, -0.1) is 0 Å². The van der Waals surface area contributed by atoms with E-state index < -0.39 is 4.92 Å². The molecule has 0 bridgehead atoms. The highest BCUT2D eigenvalue weighted by atomic mass is 79.9. The fourth-order valence-electron chi connectivity index (χ4n) is 2.74. The highest BCUT2D eigenvalue weighted by molar-refractivity contribution is 9.13. The summed E-state index contributed by atoms with van der Waals surface area (Å²) in [6.07, 6.45) is 1.02. The molecule has 9 heteroatoms. The molecule has 1 fully saturated rings. The van der Waals surface area contributed by atoms with Crippen molar-refractivity contribution in [3.63, 3.8) is 0 Å². The van der Waals surface area contributed by atoms with E-state index in [9.17, 15) is 10.1 Å². The Kier molecular flexibility index (Phi) is 4.37. The van der Waals surface area contributed by atoms with Crippen molar-refractivity contribution in [1.29, 1.82) is 0 Å². The molecule has 2 aromatic rings. The summed E-state index contributed by atoms with van der Waals surface area (Å²) >= 11 is 6.65. The molecule has 7 nitrogen and oxygen atoms in total. The molecule has 1 unspecified atom stereocenters. The van der Waals surface area contributed by atoms with E-state index in [0.717, 1.165) is 25.0 Å². The van der Waals surface area contributed by atoms with Gasteiger partial charge in [0.1, 0.15) is 4.47 Å². The second-order valence-electron chi connectivity index (χ2n) is 5.16. The molecule has 1 saturated heterocycles. The maximum atomic E-state index is 11.4. The van der Waals surface area contributed by atoms with Crippen molar-refractivity contribution < 1.29 is 4.92 Å². The van der Waals surface area contributed by atoms with Crippen LogP contribution in [0.2, 0.25) is 0 Å². The first kappa shape index (κ1) is 15.7. The number of anilines is 1. The molecule has 1 aliphatic rings. The summed E-state index contributed by atoms with van der Waals surface area (Å²) in [7, 11) is 0. The largest absolute Gasteiger partial charge is 0.352 e. The summed E-state index contributed by atoms with van der Waals surface area (Å²) in [5, 5.41) is 18.1. The van der Waals surface area contributed by atoms with Crippen LogP contribution in [-0.4, -0.2) is 33.6 Å². The van der Waals surface area contributed by atoms with Gasteiger partial charge in [-0.05, 0) is 57.8 Å². The Labute approximate surface area is 143 Å². The van der Waals surface area contributed by atoms with Crippen LogP contribution in [-0.2, 0) is 6.54 Å². The number of aromatic nitrogens is 2. The van der Waals surface area contributed by atoms with Gasteiger partial charge >= 0.3 is 5.69 Å². The van der Waals surface area contributed by atoms with E-state index in [1.54, 1.807) is 0 Å². The number of hydrogen-bond donors (Lipinski definition) is 2. The Hall–Kier alpha value is -1.19. The molecule has 3 rings (SSSR count). The number of rotatable bonds is 4. The average Bonchev–Trinajstić information content (AvgIpc) is 3.07. The van der Waals surface area contributed by atoms with Crippen LogP contribution in [0.3, 0.4) is 0 Å². The SMILES string of the molecule is CCn1c(NC2CCNC2)nc2c([N+](=O)[O-])c(Br)c(Br)cc21. The number of aryl methyl sites for hydroxylation is 1. The molecule has 22 heavy (non-hydrogen) atoms. The number of imidazole rings is 1. The van der Waals surface area contributed by atoms with Crippen LogP contribution in [0.1, 0.15) is 13.3 Å². The van der Waals surface area contributed by atoms with Crippen molar-refractivity contribution in [2.45, 2.75) is 25.9 Å². The van der Waals surface area contributed by atoms with E-state index in [1.165, 1.54) is 0 Å². The lowest BCUT2D eigenvalue weighted by molar-refractivity contribution is -0.384. The third kappa shape index (κ3) is 2.61. The van der Waals surface area contributed by atoms with Gasteiger partial charge in [0.2, 0.25) is 5.95 Å². The third-order valence-corrected chi connectivity index (χ3v) is 5.76. The van der Waals surface area contributed by atoms with Crippen molar-refractivity contribution >= 4 is 54.5 Å². The van der Waals surface area contributed by atoms with Crippen molar-refractivity contribution in [1.82, 2.24) is 14.9 Å². The van der Waals surface area contributed by atoms with Gasteiger partial charge in [-0.25, -0.2) is 4.98 Å². The lowest BCUT2D eigenvalue weighted by Gasteiger charge is -2.13. The topological polar surface area (TPSA) is 85.0 Å². The van der Waals surface area contributed by atoms with Gasteiger partial charge in [-0.2, -0.15) is 0 Å². The maximum absolute atomic E-state index is 11.4. The van der Waals surface area contributed by atoms with Gasteiger partial charge in [-0.3, -0.25) is 10.1 Å². The second-order valence-corrected chi connectivity index (χ2v) is 6.81. The molecule has 2 N–H and O–H groups in total. The van der Waals surface area contributed by atoms with Crippen molar-refractivity contribution in [3.8, 4) is 0 Å². The fraction of sp³-hybridized carbons (Fsp3) is 0.462. The summed E-state index contributed by atoms with van der Waals surface area (Å²) in [6, 6.07) is 2.16. The smallest absolute Gasteiger partial charge is 0.312 e. The monoisotopic (exact) mass is 431 g/mol. The van der Waals surface area contributed by atoms with E-state index in [-0.39, 0.29) is 5.69 Å². The Balaban J connectivity index is 2.17. The van der Waals surface area contributed by atoms with Crippen LogP contribution >= 0.6 is 31.9 Å². The van der Waals surface area contributed by atoms with Gasteiger partial charge in [0.25, 0.3) is 0 Å². The Bertz CT molecular complexity index is 740. The van der Waals surface area contributed by atoms with Crippen molar-refractivity contribution in [2.24, 2.45) is 0 Å². The predicted molar refractivity (Wildman–Crippen MR) is 92.4 cm³/mol. The molecule has 0 aliphatic carbocycles. The van der Waals surface area contributed by atoms with Crippen molar-refractivity contribution in [2.75, 3.05) is 18.4 Å². The second kappa shape index (κ2) is 6.13. The fourth-order valence-corrected chi connectivity index (χ4v) is 3.60. The standard InChI is InChI=1S/C13H15Br2N5O2/c1-2-19-9-5-8(14)10(15)12(20(21)22)11(9)18-13(19)17-7-3-4-16-6-7/h5,7,16H,2-4,6H2,1H3,(H,17,18). The number of hydrogen-bond acceptors (Lipinski definition) is 5. The highest BCUT2D eigenvalue weighted by Gasteiger charge is 2.26. The van der Waals surface area contributed by atoms with E-state index in [2.05, 4.69) is 47.5 Å². The molecule has 1 aliphatic heterocycles. The van der Waals surface area contributed by atoms with Crippen molar-refractivity contribution in [3.05, 3.63) is 25.1 Å². The molecular formula is C13H15Br2N5O2. The minimum absolute atomic E-state index is 0.0100. The lowest BCUT2D eigenvalue weighted by atomic mass is 10.2. The van der Waals surface area contributed by atoms with E-state index in [1.807, 2.05) is 17.6 Å². The Morgan fingerprint density at radius 3 is 2.95 bits per heavy atom. The minimum Gasteiger partial charge on any atom is -0.352 e. The third-order valence-electron chi connectivity index (χ3n) is 3.80. The summed E-state index contributed by atoms with van der Waals surface area (Å²) in [4.78, 5) is 15.5.